The molecule has 0 saturated carbocycles. The van der Waals surface area contributed by atoms with Gasteiger partial charge in [0.25, 0.3) is 0 Å². The van der Waals surface area contributed by atoms with E-state index in [0.717, 1.165) is 28.5 Å². The van der Waals surface area contributed by atoms with E-state index >= 15 is 0 Å². The summed E-state index contributed by atoms with van der Waals surface area (Å²) in [7, 11) is -7.37. The minimum Gasteiger partial charge on any atom is -0.302 e. The van der Waals surface area contributed by atoms with Crippen molar-refractivity contribution in [3.8, 4) is 0 Å². The number of thiazole rings is 1. The summed E-state index contributed by atoms with van der Waals surface area (Å²) in [5.74, 6) is -0.486. The van der Waals surface area contributed by atoms with Gasteiger partial charge in [-0.15, -0.1) is 0 Å². The van der Waals surface area contributed by atoms with Crippen LogP contribution < -0.4 is 5.32 Å². The Kier molecular flexibility index (Phi) is 6.59. The molecular weight excluding hydrogens is 482 g/mol. The molecule has 11 heteroatoms. The second-order valence-corrected chi connectivity index (χ2v) is 13.0. The SMILES string of the molecule is CCc1cccc2sc(NC(=O)C3CCN(S(=O)(=O)c4cccc(S(C)(=O)=O)c4)CC3)nc12. The quantitative estimate of drug-likeness (QED) is 0.548. The Morgan fingerprint density at radius 3 is 2.42 bits per heavy atom. The van der Waals surface area contributed by atoms with Gasteiger partial charge in [0.2, 0.25) is 15.9 Å². The van der Waals surface area contributed by atoms with Gasteiger partial charge < -0.3 is 5.32 Å². The van der Waals surface area contributed by atoms with Gasteiger partial charge in [-0.05, 0) is 49.1 Å². The number of sulfonamides is 1. The fraction of sp³-hybridized carbons (Fsp3) is 0.364. The highest BCUT2D eigenvalue weighted by Gasteiger charge is 2.32. The minimum absolute atomic E-state index is 0.0418. The second-order valence-electron chi connectivity index (χ2n) is 8.05. The first kappa shape index (κ1) is 23.8. The number of aromatic nitrogens is 1. The molecule has 4 rings (SSSR count). The van der Waals surface area contributed by atoms with Crippen LogP contribution in [0.4, 0.5) is 5.13 Å². The third-order valence-electron chi connectivity index (χ3n) is 5.81. The Hall–Kier alpha value is -2.34. The number of benzene rings is 2. The van der Waals surface area contributed by atoms with Gasteiger partial charge in [-0.2, -0.15) is 4.31 Å². The molecule has 2 heterocycles. The van der Waals surface area contributed by atoms with Gasteiger partial charge in [-0.25, -0.2) is 21.8 Å². The number of rotatable bonds is 6. The summed E-state index contributed by atoms with van der Waals surface area (Å²) in [6.07, 6.45) is 2.65. The number of nitrogens with one attached hydrogen (secondary N) is 1. The van der Waals surface area contributed by atoms with Crippen LogP contribution in [0.3, 0.4) is 0 Å². The molecule has 0 radical (unpaired) electrons. The first-order valence-electron chi connectivity index (χ1n) is 10.6. The maximum Gasteiger partial charge on any atom is 0.243 e. The van der Waals surface area contributed by atoms with E-state index in [2.05, 4.69) is 17.2 Å². The maximum atomic E-state index is 13.0. The molecule has 1 amide bonds. The van der Waals surface area contributed by atoms with Crippen molar-refractivity contribution in [1.82, 2.24) is 9.29 Å². The summed E-state index contributed by atoms with van der Waals surface area (Å²) < 4.78 is 51.9. The number of aryl methyl sites for hydroxylation is 1. The van der Waals surface area contributed by atoms with Crippen molar-refractivity contribution in [2.24, 2.45) is 5.92 Å². The number of hydrogen-bond donors (Lipinski definition) is 1. The molecule has 3 aromatic rings. The zero-order valence-corrected chi connectivity index (χ0v) is 20.8. The maximum absolute atomic E-state index is 13.0. The molecule has 1 aliphatic rings. The zero-order valence-electron chi connectivity index (χ0n) is 18.3. The van der Waals surface area contributed by atoms with Gasteiger partial charge in [0, 0.05) is 25.3 Å². The fourth-order valence-corrected chi connectivity index (χ4v) is 7.10. The molecule has 1 fully saturated rings. The van der Waals surface area contributed by atoms with E-state index in [1.165, 1.54) is 39.9 Å². The molecule has 1 aliphatic heterocycles. The lowest BCUT2D eigenvalue weighted by Crippen LogP contribution is -2.41. The normalized spacial score (nSPS) is 16.2. The first-order valence-corrected chi connectivity index (χ1v) is 14.7. The summed E-state index contributed by atoms with van der Waals surface area (Å²) in [5, 5.41) is 3.44. The lowest BCUT2D eigenvalue weighted by Gasteiger charge is -2.30. The molecule has 0 spiro atoms. The van der Waals surface area contributed by atoms with Crippen LogP contribution in [0.2, 0.25) is 0 Å². The van der Waals surface area contributed by atoms with Crippen molar-refractivity contribution >= 4 is 52.5 Å². The first-order chi connectivity index (χ1) is 15.6. The van der Waals surface area contributed by atoms with Crippen LogP contribution in [0.1, 0.15) is 25.3 Å². The van der Waals surface area contributed by atoms with Gasteiger partial charge >= 0.3 is 0 Å². The van der Waals surface area contributed by atoms with E-state index in [-0.39, 0.29) is 34.7 Å². The average Bonchev–Trinajstić information content (AvgIpc) is 3.21. The number of nitrogens with zero attached hydrogens (tertiary/aromatic N) is 2. The summed E-state index contributed by atoms with van der Waals surface area (Å²) >= 11 is 1.43. The molecule has 1 saturated heterocycles. The molecule has 1 N–H and O–H groups in total. The largest absolute Gasteiger partial charge is 0.302 e. The number of anilines is 1. The van der Waals surface area contributed by atoms with Crippen LogP contribution >= 0.6 is 11.3 Å². The standard InChI is InChI=1S/C22H25N3O5S3/c1-3-15-6-4-9-19-20(15)23-22(31-19)24-21(26)16-10-12-25(13-11-16)33(29,30)18-8-5-7-17(14-18)32(2,27)28/h4-9,14,16H,3,10-13H2,1-2H3,(H,23,24,26). The van der Waals surface area contributed by atoms with E-state index in [1.807, 2.05) is 18.2 Å². The van der Waals surface area contributed by atoms with Crippen LogP contribution in [0, 0.1) is 5.92 Å². The highest BCUT2D eigenvalue weighted by atomic mass is 32.2. The van der Waals surface area contributed by atoms with Crippen molar-refractivity contribution in [1.29, 1.82) is 0 Å². The number of para-hydroxylation sites is 1. The van der Waals surface area contributed by atoms with E-state index in [0.29, 0.717) is 18.0 Å². The monoisotopic (exact) mass is 507 g/mol. The molecule has 8 nitrogen and oxygen atoms in total. The molecular formula is C22H25N3O5S3. The molecule has 0 atom stereocenters. The Labute approximate surface area is 197 Å². The third kappa shape index (κ3) is 4.96. The van der Waals surface area contributed by atoms with Crippen molar-refractivity contribution in [2.45, 2.75) is 36.0 Å². The number of fused-ring (bicyclic) bond motifs is 1. The van der Waals surface area contributed by atoms with Crippen LogP contribution in [0.25, 0.3) is 10.2 Å². The van der Waals surface area contributed by atoms with Gasteiger partial charge in [0.1, 0.15) is 0 Å². The van der Waals surface area contributed by atoms with Crippen molar-refractivity contribution in [2.75, 3.05) is 24.7 Å². The van der Waals surface area contributed by atoms with Crippen LogP contribution in [0.5, 0.6) is 0 Å². The topological polar surface area (TPSA) is 114 Å². The van der Waals surface area contributed by atoms with Gasteiger partial charge in [0.15, 0.2) is 15.0 Å². The summed E-state index contributed by atoms with van der Waals surface area (Å²) in [6, 6.07) is 11.3. The number of carbonyl (C=O) groups excluding carboxylic acids is 1. The smallest absolute Gasteiger partial charge is 0.243 e. The Balaban J connectivity index is 1.43. The van der Waals surface area contributed by atoms with E-state index in [1.54, 1.807) is 0 Å². The number of sulfone groups is 1. The highest BCUT2D eigenvalue weighted by molar-refractivity contribution is 7.91. The number of carbonyl (C=O) groups is 1. The summed E-state index contributed by atoms with van der Waals surface area (Å²) in [6.45, 7) is 2.43. The Morgan fingerprint density at radius 1 is 1.09 bits per heavy atom. The second kappa shape index (κ2) is 9.13. The molecule has 1 aromatic heterocycles. The predicted octanol–water partition coefficient (Wildman–Crippen LogP) is 3.30. The van der Waals surface area contributed by atoms with Crippen molar-refractivity contribution in [3.63, 3.8) is 0 Å². The van der Waals surface area contributed by atoms with Crippen LogP contribution in [-0.4, -0.2) is 51.4 Å². The molecule has 0 bridgehead atoms. The van der Waals surface area contributed by atoms with Crippen molar-refractivity contribution < 1.29 is 21.6 Å². The minimum atomic E-state index is -3.85. The summed E-state index contributed by atoms with van der Waals surface area (Å²) in [5.41, 5.74) is 2.03. The van der Waals surface area contributed by atoms with Crippen LogP contribution in [-0.2, 0) is 31.1 Å². The van der Waals surface area contributed by atoms with E-state index < -0.39 is 19.9 Å². The van der Waals surface area contributed by atoms with Crippen molar-refractivity contribution in [3.05, 3.63) is 48.0 Å². The number of amides is 1. The number of piperidine rings is 1. The van der Waals surface area contributed by atoms with Gasteiger partial charge in [-0.1, -0.05) is 36.5 Å². The van der Waals surface area contributed by atoms with E-state index in [9.17, 15) is 21.6 Å². The Morgan fingerprint density at radius 2 is 1.76 bits per heavy atom. The van der Waals surface area contributed by atoms with Gasteiger partial charge in [0.05, 0.1) is 20.0 Å². The highest BCUT2D eigenvalue weighted by Crippen LogP contribution is 2.30. The van der Waals surface area contributed by atoms with E-state index in [4.69, 9.17) is 0 Å². The molecule has 176 valence electrons. The molecule has 0 unspecified atom stereocenters. The molecule has 0 aliphatic carbocycles. The zero-order chi connectivity index (χ0) is 23.8. The average molecular weight is 508 g/mol. The molecule has 2 aromatic carbocycles. The lowest BCUT2D eigenvalue weighted by atomic mass is 9.97. The van der Waals surface area contributed by atoms with Crippen LogP contribution in [0.15, 0.2) is 52.3 Å². The summed E-state index contributed by atoms with van der Waals surface area (Å²) in [4.78, 5) is 17.3. The third-order valence-corrected chi connectivity index (χ3v) is 9.75. The predicted molar refractivity (Wildman–Crippen MR) is 129 cm³/mol. The number of hydrogen-bond acceptors (Lipinski definition) is 7. The Bertz CT molecular complexity index is 1410. The van der Waals surface area contributed by atoms with Gasteiger partial charge in [-0.3, -0.25) is 4.79 Å². The molecule has 33 heavy (non-hydrogen) atoms. The fourth-order valence-electron chi connectivity index (χ4n) is 3.92. The lowest BCUT2D eigenvalue weighted by molar-refractivity contribution is -0.120.